The first-order valence-corrected chi connectivity index (χ1v) is 8.21. The normalized spacial score (nSPS) is 21.4. The van der Waals surface area contributed by atoms with Gasteiger partial charge in [0, 0.05) is 17.5 Å². The van der Waals surface area contributed by atoms with Crippen molar-refractivity contribution in [1.29, 1.82) is 0 Å². The average molecular weight is 324 g/mol. The molecule has 104 valence electrons. The first-order chi connectivity index (χ1) is 9.18. The zero-order valence-corrected chi connectivity index (χ0v) is 12.9. The minimum Gasteiger partial charge on any atom is -0.506 e. The third-order valence-corrected chi connectivity index (χ3v) is 5.93. The molecule has 0 saturated heterocycles. The Morgan fingerprint density at radius 1 is 1.16 bits per heavy atom. The van der Waals surface area contributed by atoms with Gasteiger partial charge in [-0.1, -0.05) is 18.9 Å². The van der Waals surface area contributed by atoms with Crippen molar-refractivity contribution in [2.75, 3.05) is 6.54 Å². The molecule has 3 N–H and O–H groups in total. The molecular formula is C16H22BrNO. The molecule has 1 aromatic carbocycles. The van der Waals surface area contributed by atoms with Crippen LogP contribution in [0.4, 0.5) is 0 Å². The number of hydrogen-bond donors (Lipinski definition) is 2. The highest BCUT2D eigenvalue weighted by Crippen LogP contribution is 2.49. The first-order valence-electron chi connectivity index (χ1n) is 7.42. The molecule has 0 radical (unpaired) electrons. The molecule has 3 rings (SSSR count). The summed E-state index contributed by atoms with van der Waals surface area (Å²) in [6.45, 7) is 0.645. The molecule has 0 aromatic heterocycles. The van der Waals surface area contributed by atoms with Crippen LogP contribution in [0.15, 0.2) is 10.5 Å². The van der Waals surface area contributed by atoms with E-state index >= 15 is 0 Å². The van der Waals surface area contributed by atoms with Crippen LogP contribution >= 0.6 is 15.9 Å². The van der Waals surface area contributed by atoms with Gasteiger partial charge in [-0.3, -0.25) is 0 Å². The highest BCUT2D eigenvalue weighted by atomic mass is 79.9. The van der Waals surface area contributed by atoms with Gasteiger partial charge < -0.3 is 10.8 Å². The molecule has 0 atom stereocenters. The van der Waals surface area contributed by atoms with Crippen molar-refractivity contribution in [3.05, 3.63) is 27.2 Å². The van der Waals surface area contributed by atoms with Gasteiger partial charge in [0.2, 0.25) is 0 Å². The number of nitrogens with two attached hydrogens (primary N) is 1. The van der Waals surface area contributed by atoms with Crippen LogP contribution in [0.5, 0.6) is 5.75 Å². The Labute approximate surface area is 123 Å². The van der Waals surface area contributed by atoms with Crippen LogP contribution in [0, 0.1) is 0 Å². The fourth-order valence-corrected chi connectivity index (χ4v) is 4.28. The van der Waals surface area contributed by atoms with Crippen molar-refractivity contribution in [2.45, 2.75) is 56.8 Å². The van der Waals surface area contributed by atoms with Crippen LogP contribution in [0.25, 0.3) is 0 Å². The van der Waals surface area contributed by atoms with Crippen LogP contribution in [-0.4, -0.2) is 11.7 Å². The quantitative estimate of drug-likeness (QED) is 0.813. The van der Waals surface area contributed by atoms with E-state index in [9.17, 15) is 5.11 Å². The van der Waals surface area contributed by atoms with Gasteiger partial charge in [0.25, 0.3) is 0 Å². The summed E-state index contributed by atoms with van der Waals surface area (Å²) in [4.78, 5) is 0. The van der Waals surface area contributed by atoms with E-state index in [1.165, 1.54) is 36.8 Å². The number of phenols is 1. The summed E-state index contributed by atoms with van der Waals surface area (Å²) in [5.74, 6) is 0.450. The maximum Gasteiger partial charge on any atom is 0.133 e. The van der Waals surface area contributed by atoms with Gasteiger partial charge in [-0.05, 0) is 65.6 Å². The predicted molar refractivity (Wildman–Crippen MR) is 81.6 cm³/mol. The lowest BCUT2D eigenvalue weighted by Gasteiger charge is -2.42. The standard InChI is InChI=1S/C16H22BrNO/c17-14-12-6-3-1-2-5-11(12)9-13(15(14)19)16(10-18)7-4-8-16/h9,19H,1-8,10,18H2. The van der Waals surface area contributed by atoms with Crippen LogP contribution in [0.2, 0.25) is 0 Å². The molecule has 0 aliphatic heterocycles. The number of aromatic hydroxyl groups is 1. The SMILES string of the molecule is NCC1(c2cc3c(c(Br)c2O)CCCCC3)CCC1. The van der Waals surface area contributed by atoms with E-state index in [-0.39, 0.29) is 5.41 Å². The average Bonchev–Trinajstić information content (AvgIpc) is 2.60. The molecule has 0 heterocycles. The lowest BCUT2D eigenvalue weighted by atomic mass is 9.64. The molecular weight excluding hydrogens is 302 g/mol. The Kier molecular flexibility index (Phi) is 3.61. The van der Waals surface area contributed by atoms with E-state index in [1.54, 1.807) is 0 Å². The summed E-state index contributed by atoms with van der Waals surface area (Å²) >= 11 is 3.64. The van der Waals surface area contributed by atoms with E-state index in [4.69, 9.17) is 5.73 Å². The molecule has 0 bridgehead atoms. The topological polar surface area (TPSA) is 46.2 Å². The van der Waals surface area contributed by atoms with E-state index in [2.05, 4.69) is 22.0 Å². The summed E-state index contributed by atoms with van der Waals surface area (Å²) in [6.07, 6.45) is 9.46. The Morgan fingerprint density at radius 2 is 1.89 bits per heavy atom. The van der Waals surface area contributed by atoms with Gasteiger partial charge in [-0.15, -0.1) is 0 Å². The lowest BCUT2D eigenvalue weighted by molar-refractivity contribution is 0.244. The monoisotopic (exact) mass is 323 g/mol. The number of phenolic OH excluding ortho intramolecular Hbond substituents is 1. The van der Waals surface area contributed by atoms with Crippen molar-refractivity contribution < 1.29 is 5.11 Å². The Hall–Kier alpha value is -0.540. The van der Waals surface area contributed by atoms with Gasteiger partial charge in [0.05, 0.1) is 4.47 Å². The fourth-order valence-electron chi connectivity index (χ4n) is 3.61. The Balaban J connectivity index is 2.11. The van der Waals surface area contributed by atoms with E-state index in [1.807, 2.05) is 0 Å². The zero-order chi connectivity index (χ0) is 13.5. The molecule has 2 nitrogen and oxygen atoms in total. The summed E-state index contributed by atoms with van der Waals surface area (Å²) in [5, 5.41) is 10.6. The van der Waals surface area contributed by atoms with Crippen LogP contribution in [-0.2, 0) is 18.3 Å². The second-order valence-electron chi connectivity index (χ2n) is 6.12. The summed E-state index contributed by atoms with van der Waals surface area (Å²) in [7, 11) is 0. The van der Waals surface area contributed by atoms with Crippen LogP contribution in [0.3, 0.4) is 0 Å². The Morgan fingerprint density at radius 3 is 2.53 bits per heavy atom. The van der Waals surface area contributed by atoms with Crippen molar-refractivity contribution in [3.63, 3.8) is 0 Å². The van der Waals surface area contributed by atoms with Crippen LogP contribution in [0.1, 0.15) is 55.2 Å². The molecule has 1 fully saturated rings. The molecule has 0 amide bonds. The fraction of sp³-hybridized carbons (Fsp3) is 0.625. The largest absolute Gasteiger partial charge is 0.506 e. The minimum absolute atomic E-state index is 0.0357. The minimum atomic E-state index is 0.0357. The summed E-state index contributed by atoms with van der Waals surface area (Å²) in [6, 6.07) is 2.26. The molecule has 0 spiro atoms. The third-order valence-electron chi connectivity index (χ3n) is 5.08. The van der Waals surface area contributed by atoms with Gasteiger partial charge >= 0.3 is 0 Å². The zero-order valence-electron chi connectivity index (χ0n) is 11.3. The van der Waals surface area contributed by atoms with Crippen molar-refractivity contribution in [3.8, 4) is 5.75 Å². The smallest absolute Gasteiger partial charge is 0.133 e. The second-order valence-corrected chi connectivity index (χ2v) is 6.92. The predicted octanol–water partition coefficient (Wildman–Crippen LogP) is 3.80. The molecule has 2 aliphatic carbocycles. The first kappa shape index (κ1) is 13.4. The lowest BCUT2D eigenvalue weighted by Crippen LogP contribution is -2.41. The molecule has 1 aromatic rings. The van der Waals surface area contributed by atoms with Gasteiger partial charge in [-0.25, -0.2) is 0 Å². The van der Waals surface area contributed by atoms with Gasteiger partial charge in [0.1, 0.15) is 5.75 Å². The molecule has 19 heavy (non-hydrogen) atoms. The second kappa shape index (κ2) is 5.10. The molecule has 3 heteroatoms. The van der Waals surface area contributed by atoms with E-state index < -0.39 is 0 Å². The molecule has 1 saturated carbocycles. The molecule has 2 aliphatic rings. The van der Waals surface area contributed by atoms with Gasteiger partial charge in [0.15, 0.2) is 0 Å². The Bertz CT molecular complexity index is 489. The maximum absolute atomic E-state index is 10.6. The van der Waals surface area contributed by atoms with Crippen molar-refractivity contribution in [2.24, 2.45) is 5.73 Å². The number of aryl methyl sites for hydroxylation is 1. The molecule has 0 unspecified atom stereocenters. The number of rotatable bonds is 2. The van der Waals surface area contributed by atoms with Gasteiger partial charge in [-0.2, -0.15) is 0 Å². The number of benzene rings is 1. The summed E-state index contributed by atoms with van der Waals surface area (Å²) in [5.41, 5.74) is 9.88. The number of fused-ring (bicyclic) bond motifs is 1. The number of hydrogen-bond acceptors (Lipinski definition) is 2. The number of halogens is 1. The third kappa shape index (κ3) is 2.11. The highest BCUT2D eigenvalue weighted by Gasteiger charge is 2.40. The summed E-state index contributed by atoms with van der Waals surface area (Å²) < 4.78 is 0.932. The van der Waals surface area contributed by atoms with Crippen molar-refractivity contribution >= 4 is 15.9 Å². The van der Waals surface area contributed by atoms with Crippen molar-refractivity contribution in [1.82, 2.24) is 0 Å². The van der Waals surface area contributed by atoms with Crippen LogP contribution < -0.4 is 5.73 Å². The van der Waals surface area contributed by atoms with E-state index in [0.29, 0.717) is 12.3 Å². The van der Waals surface area contributed by atoms with E-state index in [0.717, 1.165) is 35.7 Å². The highest BCUT2D eigenvalue weighted by molar-refractivity contribution is 9.10. The maximum atomic E-state index is 10.6.